The number of amides is 1. The third-order valence-corrected chi connectivity index (χ3v) is 6.99. The van der Waals surface area contributed by atoms with E-state index in [4.69, 9.17) is 19.4 Å². The van der Waals surface area contributed by atoms with E-state index in [0.717, 1.165) is 93.4 Å². The fourth-order valence-electron chi connectivity index (χ4n) is 4.66. The van der Waals surface area contributed by atoms with Crippen LogP contribution in [-0.4, -0.2) is 42.2 Å². The minimum atomic E-state index is 0.0143. The van der Waals surface area contributed by atoms with Gasteiger partial charge in [-0.25, -0.2) is 4.98 Å². The van der Waals surface area contributed by atoms with Crippen LogP contribution in [0.2, 0.25) is 0 Å². The number of ether oxygens (including phenoxy) is 2. The molecule has 1 atom stereocenters. The van der Waals surface area contributed by atoms with E-state index in [9.17, 15) is 4.79 Å². The van der Waals surface area contributed by atoms with E-state index >= 15 is 0 Å². The Morgan fingerprint density at radius 1 is 0.969 bits per heavy atom. The van der Waals surface area contributed by atoms with Crippen LogP contribution in [0.4, 0.5) is 0 Å². The minimum absolute atomic E-state index is 0.0143. The van der Waals surface area contributed by atoms with Gasteiger partial charge >= 0.3 is 0 Å². The monoisotopic (exact) mass is 435 g/mol. The van der Waals surface area contributed by atoms with Gasteiger partial charge in [0.1, 0.15) is 0 Å². The van der Waals surface area contributed by atoms with Gasteiger partial charge in [-0.15, -0.1) is 0 Å². The molecule has 1 aromatic heterocycles. The Morgan fingerprint density at radius 3 is 2.53 bits per heavy atom. The molecule has 1 saturated heterocycles. The summed E-state index contributed by atoms with van der Waals surface area (Å²) in [5.41, 5.74) is 3.15. The summed E-state index contributed by atoms with van der Waals surface area (Å²) in [4.78, 5) is 22.7. The molecule has 5 rings (SSSR count). The van der Waals surface area contributed by atoms with Crippen molar-refractivity contribution in [3.05, 3.63) is 41.6 Å². The van der Waals surface area contributed by atoms with E-state index in [-0.39, 0.29) is 11.8 Å². The molecule has 0 bridgehead atoms. The predicted octanol–water partition coefficient (Wildman–Crippen LogP) is 3.97. The summed E-state index contributed by atoms with van der Waals surface area (Å²) >= 11 is 0. The minimum Gasteiger partial charge on any atom is -0.477 e. The number of aryl methyl sites for hydroxylation is 1. The van der Waals surface area contributed by atoms with Gasteiger partial charge in [0.25, 0.3) is 0 Å². The normalized spacial score (nSPS) is 21.4. The number of nitrogens with zero attached hydrogens (tertiary/aromatic N) is 2. The summed E-state index contributed by atoms with van der Waals surface area (Å²) in [6.07, 6.45) is 7.78. The van der Waals surface area contributed by atoms with Crippen molar-refractivity contribution in [1.82, 2.24) is 15.3 Å². The van der Waals surface area contributed by atoms with Gasteiger partial charge in [-0.05, 0) is 63.2 Å². The molecule has 6 nitrogen and oxygen atoms in total. The van der Waals surface area contributed by atoms with Gasteiger partial charge in [-0.3, -0.25) is 4.79 Å². The lowest BCUT2D eigenvalue weighted by Gasteiger charge is -2.23. The highest BCUT2D eigenvalue weighted by atomic mass is 16.5. The molecule has 2 aliphatic carbocycles. The van der Waals surface area contributed by atoms with Gasteiger partial charge in [-0.2, -0.15) is 4.98 Å². The van der Waals surface area contributed by atoms with Crippen molar-refractivity contribution < 1.29 is 14.3 Å². The van der Waals surface area contributed by atoms with Crippen LogP contribution in [0.15, 0.2) is 30.3 Å². The van der Waals surface area contributed by atoms with Crippen LogP contribution in [0.3, 0.4) is 0 Å². The van der Waals surface area contributed by atoms with E-state index in [2.05, 4.69) is 5.32 Å². The summed E-state index contributed by atoms with van der Waals surface area (Å²) in [6.45, 7) is 3.11. The molecule has 3 aliphatic rings. The highest BCUT2D eigenvalue weighted by molar-refractivity contribution is 5.78. The van der Waals surface area contributed by atoms with E-state index < -0.39 is 0 Å². The third kappa shape index (κ3) is 5.29. The van der Waals surface area contributed by atoms with E-state index in [1.165, 1.54) is 12.8 Å². The Labute approximate surface area is 190 Å². The standard InChI is InChI=1S/C26H33N3O3/c30-25(27-16-18-12-14-31-15-13-18)21-8-10-22-23(11-9-21)28-24(20-4-2-1-3-5-20)29-26(22)32-17-19-6-7-19/h1-5,18-19,21H,6-17H2,(H,27,30). The Bertz CT molecular complexity index is 923. The second-order valence-electron chi connectivity index (χ2n) is 9.47. The number of hydrogen-bond donors (Lipinski definition) is 1. The smallest absolute Gasteiger partial charge is 0.223 e. The van der Waals surface area contributed by atoms with Crippen molar-refractivity contribution in [3.63, 3.8) is 0 Å². The first-order chi connectivity index (χ1) is 15.8. The number of benzene rings is 1. The first kappa shape index (κ1) is 21.4. The largest absolute Gasteiger partial charge is 0.477 e. The van der Waals surface area contributed by atoms with Gasteiger partial charge in [0, 0.05) is 36.8 Å². The number of fused-ring (bicyclic) bond motifs is 1. The molecule has 0 spiro atoms. The molecule has 1 aliphatic heterocycles. The van der Waals surface area contributed by atoms with Crippen LogP contribution in [0, 0.1) is 17.8 Å². The fourth-order valence-corrected chi connectivity index (χ4v) is 4.66. The number of aromatic nitrogens is 2. The van der Waals surface area contributed by atoms with Crippen LogP contribution < -0.4 is 10.1 Å². The zero-order chi connectivity index (χ0) is 21.8. The van der Waals surface area contributed by atoms with Crippen LogP contribution in [0.1, 0.15) is 49.8 Å². The molecule has 32 heavy (non-hydrogen) atoms. The molecular weight excluding hydrogens is 402 g/mol. The van der Waals surface area contributed by atoms with E-state index in [0.29, 0.717) is 11.8 Å². The van der Waals surface area contributed by atoms with E-state index in [1.54, 1.807) is 0 Å². The molecule has 6 heteroatoms. The molecule has 1 aromatic carbocycles. The van der Waals surface area contributed by atoms with Crippen LogP contribution in [0.5, 0.6) is 5.88 Å². The molecule has 1 saturated carbocycles. The molecule has 2 fully saturated rings. The fraction of sp³-hybridized carbons (Fsp3) is 0.577. The number of hydrogen-bond acceptors (Lipinski definition) is 5. The van der Waals surface area contributed by atoms with Crippen LogP contribution >= 0.6 is 0 Å². The molecule has 1 N–H and O–H groups in total. The average Bonchev–Trinajstić information content (AvgIpc) is 3.69. The summed E-state index contributed by atoms with van der Waals surface area (Å²) in [6, 6.07) is 10.1. The summed E-state index contributed by atoms with van der Waals surface area (Å²) < 4.78 is 11.6. The average molecular weight is 436 g/mol. The second kappa shape index (κ2) is 9.99. The highest BCUT2D eigenvalue weighted by Crippen LogP contribution is 2.34. The topological polar surface area (TPSA) is 73.3 Å². The quantitative estimate of drug-likeness (QED) is 0.666. The van der Waals surface area contributed by atoms with Gasteiger partial charge in [0.05, 0.1) is 12.3 Å². The van der Waals surface area contributed by atoms with Crippen molar-refractivity contribution in [1.29, 1.82) is 0 Å². The third-order valence-electron chi connectivity index (χ3n) is 6.99. The second-order valence-corrected chi connectivity index (χ2v) is 9.47. The lowest BCUT2D eigenvalue weighted by atomic mass is 9.97. The van der Waals surface area contributed by atoms with Gasteiger partial charge in [-0.1, -0.05) is 30.3 Å². The van der Waals surface area contributed by atoms with Gasteiger partial charge in [0.2, 0.25) is 11.8 Å². The molecule has 1 unspecified atom stereocenters. The summed E-state index contributed by atoms with van der Waals surface area (Å²) in [5, 5.41) is 3.22. The zero-order valence-corrected chi connectivity index (χ0v) is 18.7. The van der Waals surface area contributed by atoms with Crippen LogP contribution in [-0.2, 0) is 22.4 Å². The van der Waals surface area contributed by atoms with Crippen LogP contribution in [0.25, 0.3) is 11.4 Å². The Balaban J connectivity index is 1.29. The number of nitrogens with one attached hydrogen (secondary N) is 1. The van der Waals surface area contributed by atoms with Gasteiger partial charge in [0.15, 0.2) is 5.82 Å². The molecule has 2 aromatic rings. The molecular formula is C26H33N3O3. The highest BCUT2D eigenvalue weighted by Gasteiger charge is 2.28. The maximum atomic E-state index is 12.9. The summed E-state index contributed by atoms with van der Waals surface area (Å²) in [5.74, 6) is 2.84. The van der Waals surface area contributed by atoms with Crippen molar-refractivity contribution in [2.45, 2.75) is 51.4 Å². The van der Waals surface area contributed by atoms with Crippen molar-refractivity contribution in [2.75, 3.05) is 26.4 Å². The van der Waals surface area contributed by atoms with Crippen molar-refractivity contribution >= 4 is 5.91 Å². The van der Waals surface area contributed by atoms with Crippen molar-refractivity contribution in [3.8, 4) is 17.3 Å². The Morgan fingerprint density at radius 2 is 1.75 bits per heavy atom. The first-order valence-electron chi connectivity index (χ1n) is 12.2. The lowest BCUT2D eigenvalue weighted by Crippen LogP contribution is -2.36. The SMILES string of the molecule is O=C(NCC1CCOCC1)C1CCc2nc(-c3ccccc3)nc(OCC3CC3)c2CC1. The number of carbonyl (C=O) groups is 1. The summed E-state index contributed by atoms with van der Waals surface area (Å²) in [7, 11) is 0. The maximum Gasteiger partial charge on any atom is 0.223 e. The molecule has 1 amide bonds. The Hall–Kier alpha value is -2.47. The number of rotatable bonds is 7. The predicted molar refractivity (Wildman–Crippen MR) is 122 cm³/mol. The Kier molecular flexibility index (Phi) is 6.67. The number of carbonyl (C=O) groups excluding carboxylic acids is 1. The zero-order valence-electron chi connectivity index (χ0n) is 18.7. The molecule has 2 heterocycles. The van der Waals surface area contributed by atoms with E-state index in [1.807, 2.05) is 30.3 Å². The first-order valence-corrected chi connectivity index (χ1v) is 12.2. The molecule has 170 valence electrons. The lowest BCUT2D eigenvalue weighted by molar-refractivity contribution is -0.125. The molecule has 0 radical (unpaired) electrons. The van der Waals surface area contributed by atoms with Gasteiger partial charge < -0.3 is 14.8 Å². The van der Waals surface area contributed by atoms with Crippen molar-refractivity contribution in [2.24, 2.45) is 17.8 Å². The maximum absolute atomic E-state index is 12.9.